The van der Waals surface area contributed by atoms with Crippen molar-refractivity contribution in [3.63, 3.8) is 0 Å². The van der Waals surface area contributed by atoms with E-state index in [1.165, 1.54) is 19.3 Å². The minimum atomic E-state index is 0.668. The van der Waals surface area contributed by atoms with Crippen molar-refractivity contribution in [1.82, 2.24) is 14.9 Å². The Hall–Kier alpha value is -1.40. The molecule has 3 N–H and O–H groups in total. The van der Waals surface area contributed by atoms with Gasteiger partial charge in [0.05, 0.1) is 0 Å². The molecule has 3 rings (SSSR count). The Kier molecular flexibility index (Phi) is 3.29. The highest BCUT2D eigenvalue weighted by Crippen LogP contribution is 2.26. The number of nitrogens with one attached hydrogen (secondary N) is 1. The summed E-state index contributed by atoms with van der Waals surface area (Å²) in [6, 6.07) is 2.75. The van der Waals surface area contributed by atoms with Crippen LogP contribution in [0.25, 0.3) is 0 Å². The van der Waals surface area contributed by atoms with Gasteiger partial charge in [-0.3, -0.25) is 4.90 Å². The Bertz CT molecular complexity index is 397. The maximum Gasteiger partial charge on any atom is 0.145 e. The van der Waals surface area contributed by atoms with Crippen LogP contribution < -0.4 is 16.2 Å². The van der Waals surface area contributed by atoms with Gasteiger partial charge in [-0.25, -0.2) is 15.8 Å². The molecule has 0 unspecified atom stereocenters. The van der Waals surface area contributed by atoms with Crippen LogP contribution >= 0.6 is 0 Å². The molecule has 1 aromatic rings. The van der Waals surface area contributed by atoms with Crippen molar-refractivity contribution < 1.29 is 0 Å². The molecule has 0 amide bonds. The van der Waals surface area contributed by atoms with Gasteiger partial charge in [-0.2, -0.15) is 0 Å². The number of nitrogen functional groups attached to an aromatic ring is 1. The Morgan fingerprint density at radius 3 is 2.56 bits per heavy atom. The molecule has 1 saturated heterocycles. The standard InChI is InChI=1S/C12H20N6/c13-16-11-8-12(15-9-14-11)18-6-4-17(5-7-18)10-2-1-3-10/h8-10H,1-7,13H2,(H,14,15,16). The zero-order valence-electron chi connectivity index (χ0n) is 10.5. The predicted molar refractivity (Wildman–Crippen MR) is 71.3 cm³/mol. The molecule has 0 radical (unpaired) electrons. The van der Waals surface area contributed by atoms with Crippen LogP contribution in [0.15, 0.2) is 12.4 Å². The monoisotopic (exact) mass is 248 g/mol. The third kappa shape index (κ3) is 2.26. The molecule has 1 saturated carbocycles. The van der Waals surface area contributed by atoms with Crippen LogP contribution in [0.1, 0.15) is 19.3 Å². The van der Waals surface area contributed by atoms with Crippen molar-refractivity contribution >= 4 is 11.6 Å². The Morgan fingerprint density at radius 1 is 1.17 bits per heavy atom. The first-order valence-corrected chi connectivity index (χ1v) is 6.64. The SMILES string of the molecule is NNc1cc(N2CCN(C3CCC3)CC2)ncn1. The lowest BCUT2D eigenvalue weighted by Crippen LogP contribution is -2.52. The quantitative estimate of drug-likeness (QED) is 0.597. The molecule has 18 heavy (non-hydrogen) atoms. The van der Waals surface area contributed by atoms with Gasteiger partial charge in [0.2, 0.25) is 0 Å². The first kappa shape index (κ1) is 11.7. The second kappa shape index (κ2) is 5.07. The summed E-state index contributed by atoms with van der Waals surface area (Å²) in [4.78, 5) is 13.3. The van der Waals surface area contributed by atoms with Crippen LogP contribution in [0.2, 0.25) is 0 Å². The normalized spacial score (nSPS) is 21.7. The van der Waals surface area contributed by atoms with E-state index in [0.29, 0.717) is 5.82 Å². The highest BCUT2D eigenvalue weighted by molar-refractivity contribution is 5.48. The number of nitrogens with two attached hydrogens (primary N) is 1. The van der Waals surface area contributed by atoms with E-state index < -0.39 is 0 Å². The highest BCUT2D eigenvalue weighted by atomic mass is 15.3. The van der Waals surface area contributed by atoms with E-state index in [0.717, 1.165) is 38.0 Å². The molecule has 1 aliphatic heterocycles. The lowest BCUT2D eigenvalue weighted by molar-refractivity contribution is 0.120. The van der Waals surface area contributed by atoms with Crippen molar-refractivity contribution in [2.45, 2.75) is 25.3 Å². The molecule has 1 aromatic heterocycles. The average Bonchev–Trinajstić information content (AvgIpc) is 2.38. The van der Waals surface area contributed by atoms with Gasteiger partial charge < -0.3 is 10.3 Å². The molecule has 6 heteroatoms. The fourth-order valence-corrected chi connectivity index (χ4v) is 2.67. The van der Waals surface area contributed by atoms with Crippen LogP contribution in [0.3, 0.4) is 0 Å². The molecule has 6 nitrogen and oxygen atoms in total. The molecule has 0 atom stereocenters. The largest absolute Gasteiger partial charge is 0.354 e. The summed E-state index contributed by atoms with van der Waals surface area (Å²) in [6.07, 6.45) is 5.73. The summed E-state index contributed by atoms with van der Waals surface area (Å²) >= 11 is 0. The van der Waals surface area contributed by atoms with Crippen molar-refractivity contribution in [3.8, 4) is 0 Å². The van der Waals surface area contributed by atoms with E-state index >= 15 is 0 Å². The van der Waals surface area contributed by atoms with Crippen molar-refractivity contribution in [3.05, 3.63) is 12.4 Å². The van der Waals surface area contributed by atoms with Gasteiger partial charge in [-0.1, -0.05) is 6.42 Å². The van der Waals surface area contributed by atoms with Gasteiger partial charge in [0.25, 0.3) is 0 Å². The summed E-state index contributed by atoms with van der Waals surface area (Å²) in [5.41, 5.74) is 2.56. The number of hydrogen-bond acceptors (Lipinski definition) is 6. The first-order valence-electron chi connectivity index (χ1n) is 6.64. The maximum absolute atomic E-state index is 5.37. The van der Waals surface area contributed by atoms with Crippen LogP contribution in [-0.4, -0.2) is 47.1 Å². The second-order valence-electron chi connectivity index (χ2n) is 5.01. The van der Waals surface area contributed by atoms with Crippen LogP contribution in [0, 0.1) is 0 Å². The number of nitrogens with zero attached hydrogens (tertiary/aromatic N) is 4. The van der Waals surface area contributed by atoms with E-state index in [-0.39, 0.29) is 0 Å². The van der Waals surface area contributed by atoms with E-state index in [1.54, 1.807) is 6.33 Å². The Labute approximate surface area is 107 Å². The topological polar surface area (TPSA) is 70.3 Å². The number of aromatic nitrogens is 2. The fourth-order valence-electron chi connectivity index (χ4n) is 2.67. The van der Waals surface area contributed by atoms with Crippen molar-refractivity contribution in [2.24, 2.45) is 5.84 Å². The molecule has 0 spiro atoms. The summed E-state index contributed by atoms with van der Waals surface area (Å²) < 4.78 is 0. The maximum atomic E-state index is 5.37. The van der Waals surface area contributed by atoms with E-state index in [2.05, 4.69) is 25.2 Å². The molecule has 98 valence electrons. The molecule has 2 aliphatic rings. The minimum Gasteiger partial charge on any atom is -0.354 e. The second-order valence-corrected chi connectivity index (χ2v) is 5.01. The molecule has 0 bridgehead atoms. The summed E-state index contributed by atoms with van der Waals surface area (Å²) in [5.74, 6) is 7.00. The Morgan fingerprint density at radius 2 is 1.94 bits per heavy atom. The summed E-state index contributed by atoms with van der Waals surface area (Å²) in [7, 11) is 0. The van der Waals surface area contributed by atoms with E-state index in [4.69, 9.17) is 5.84 Å². The smallest absolute Gasteiger partial charge is 0.145 e. The van der Waals surface area contributed by atoms with Gasteiger partial charge in [-0.05, 0) is 12.8 Å². The lowest BCUT2D eigenvalue weighted by Gasteiger charge is -2.43. The molecular weight excluding hydrogens is 228 g/mol. The average molecular weight is 248 g/mol. The van der Waals surface area contributed by atoms with E-state index in [9.17, 15) is 0 Å². The molecular formula is C12H20N6. The number of anilines is 2. The van der Waals surface area contributed by atoms with Crippen molar-refractivity contribution in [2.75, 3.05) is 36.5 Å². The lowest BCUT2D eigenvalue weighted by atomic mass is 9.91. The molecule has 2 fully saturated rings. The third-order valence-electron chi connectivity index (χ3n) is 4.03. The fraction of sp³-hybridized carbons (Fsp3) is 0.667. The van der Waals surface area contributed by atoms with Gasteiger partial charge in [0.1, 0.15) is 18.0 Å². The van der Waals surface area contributed by atoms with Crippen molar-refractivity contribution in [1.29, 1.82) is 0 Å². The first-order chi connectivity index (χ1) is 8.86. The summed E-state index contributed by atoms with van der Waals surface area (Å²) in [6.45, 7) is 4.36. The number of rotatable bonds is 3. The zero-order chi connectivity index (χ0) is 12.4. The highest BCUT2D eigenvalue weighted by Gasteiger charge is 2.28. The van der Waals surface area contributed by atoms with Crippen LogP contribution in [0.4, 0.5) is 11.6 Å². The van der Waals surface area contributed by atoms with Gasteiger partial charge in [0.15, 0.2) is 0 Å². The van der Waals surface area contributed by atoms with Crippen LogP contribution in [0.5, 0.6) is 0 Å². The minimum absolute atomic E-state index is 0.668. The van der Waals surface area contributed by atoms with Gasteiger partial charge in [-0.15, -0.1) is 0 Å². The Balaban J connectivity index is 1.60. The van der Waals surface area contributed by atoms with Crippen LogP contribution in [-0.2, 0) is 0 Å². The predicted octanol–water partition coefficient (Wildman–Crippen LogP) is 0.437. The summed E-state index contributed by atoms with van der Waals surface area (Å²) in [5, 5.41) is 0. The molecule has 2 heterocycles. The van der Waals surface area contributed by atoms with Gasteiger partial charge in [0, 0.05) is 38.3 Å². The number of piperazine rings is 1. The number of hydrazine groups is 1. The van der Waals surface area contributed by atoms with Gasteiger partial charge >= 0.3 is 0 Å². The van der Waals surface area contributed by atoms with E-state index in [1.807, 2.05) is 6.07 Å². The molecule has 0 aromatic carbocycles. The third-order valence-corrected chi connectivity index (χ3v) is 4.03. The molecule has 1 aliphatic carbocycles. The number of hydrogen-bond donors (Lipinski definition) is 2. The zero-order valence-corrected chi connectivity index (χ0v) is 10.5.